The summed E-state index contributed by atoms with van der Waals surface area (Å²) in [6.07, 6.45) is -0.195. The summed E-state index contributed by atoms with van der Waals surface area (Å²) in [4.78, 5) is 38.1. The summed E-state index contributed by atoms with van der Waals surface area (Å²) >= 11 is 0. The van der Waals surface area contributed by atoms with Crippen LogP contribution in [0, 0.1) is 0 Å². The van der Waals surface area contributed by atoms with E-state index in [0.29, 0.717) is 6.42 Å². The first-order valence-electron chi connectivity index (χ1n) is 9.86. The maximum atomic E-state index is 12.9. The summed E-state index contributed by atoms with van der Waals surface area (Å²) in [6, 6.07) is 16.1. The van der Waals surface area contributed by atoms with Crippen molar-refractivity contribution in [3.63, 3.8) is 0 Å². The molecule has 0 spiro atoms. The molecule has 0 bridgehead atoms. The van der Waals surface area contributed by atoms with Crippen LogP contribution < -0.4 is 0 Å². The Kier molecular flexibility index (Phi) is 8.87. The van der Waals surface area contributed by atoms with Gasteiger partial charge in [-0.2, -0.15) is 0 Å². The van der Waals surface area contributed by atoms with E-state index in [1.54, 1.807) is 19.1 Å². The highest BCUT2D eigenvalue weighted by atomic mass is 16.6. The summed E-state index contributed by atoms with van der Waals surface area (Å²) in [5.41, 5.74) is 1.72. The zero-order valence-corrected chi connectivity index (χ0v) is 17.2. The molecule has 2 rings (SSSR count). The number of amides is 1. The van der Waals surface area contributed by atoms with E-state index in [1.165, 1.54) is 6.92 Å². The Bertz CT molecular complexity index is 824. The van der Waals surface area contributed by atoms with E-state index >= 15 is 0 Å². The lowest BCUT2D eigenvalue weighted by atomic mass is 10.0. The molecule has 0 saturated carbocycles. The van der Waals surface area contributed by atoms with Crippen molar-refractivity contribution in [3.05, 3.63) is 71.8 Å². The second-order valence-electron chi connectivity index (χ2n) is 6.75. The highest BCUT2D eigenvalue weighted by Crippen LogP contribution is 2.18. The van der Waals surface area contributed by atoms with Gasteiger partial charge >= 0.3 is 18.0 Å². The molecule has 160 valence electrons. The number of aliphatic carboxylic acids is 1. The molecule has 2 aromatic carbocycles. The number of rotatable bonds is 10. The molecular formula is C23H27NO6. The van der Waals surface area contributed by atoms with E-state index in [2.05, 4.69) is 0 Å². The number of hydrogen-bond donors (Lipinski definition) is 1. The van der Waals surface area contributed by atoms with Gasteiger partial charge in [-0.3, -0.25) is 4.90 Å². The van der Waals surface area contributed by atoms with Crippen LogP contribution in [0.2, 0.25) is 0 Å². The molecule has 0 radical (unpaired) electrons. The van der Waals surface area contributed by atoms with E-state index in [0.717, 1.165) is 16.0 Å². The van der Waals surface area contributed by atoms with E-state index in [1.807, 2.05) is 48.5 Å². The van der Waals surface area contributed by atoms with Crippen LogP contribution in [0.5, 0.6) is 0 Å². The zero-order valence-electron chi connectivity index (χ0n) is 17.2. The molecule has 0 saturated heterocycles. The second kappa shape index (κ2) is 11.6. The number of nitrogens with zero attached hydrogens (tertiary/aromatic N) is 1. The summed E-state index contributed by atoms with van der Waals surface area (Å²) < 4.78 is 10.5. The topological polar surface area (TPSA) is 93.1 Å². The van der Waals surface area contributed by atoms with Gasteiger partial charge in [0, 0.05) is 0 Å². The van der Waals surface area contributed by atoms with Crippen LogP contribution in [-0.4, -0.2) is 46.7 Å². The maximum Gasteiger partial charge on any atom is 0.411 e. The molecular weight excluding hydrogens is 386 g/mol. The van der Waals surface area contributed by atoms with E-state index in [-0.39, 0.29) is 19.6 Å². The van der Waals surface area contributed by atoms with Gasteiger partial charge in [-0.25, -0.2) is 14.4 Å². The third-order valence-electron chi connectivity index (χ3n) is 4.63. The Morgan fingerprint density at radius 2 is 1.50 bits per heavy atom. The molecule has 2 atom stereocenters. The number of aryl methyl sites for hydroxylation is 1. The van der Waals surface area contributed by atoms with Gasteiger partial charge in [0.2, 0.25) is 0 Å². The van der Waals surface area contributed by atoms with Crippen molar-refractivity contribution in [1.82, 2.24) is 4.90 Å². The Balaban J connectivity index is 2.23. The molecule has 1 N–H and O–H groups in total. The zero-order chi connectivity index (χ0) is 21.9. The fourth-order valence-corrected chi connectivity index (χ4v) is 3.03. The molecule has 0 fully saturated rings. The van der Waals surface area contributed by atoms with Crippen LogP contribution in [-0.2, 0) is 32.1 Å². The highest BCUT2D eigenvalue weighted by Gasteiger charge is 2.38. The molecule has 1 amide bonds. The van der Waals surface area contributed by atoms with Gasteiger partial charge in [0.1, 0.15) is 18.7 Å². The van der Waals surface area contributed by atoms with Crippen LogP contribution in [0.25, 0.3) is 0 Å². The molecule has 7 nitrogen and oxygen atoms in total. The molecule has 0 aromatic heterocycles. The molecule has 0 aliphatic heterocycles. The first kappa shape index (κ1) is 22.9. The number of carbonyl (C=O) groups is 3. The lowest BCUT2D eigenvalue weighted by Gasteiger charge is -2.32. The first-order chi connectivity index (χ1) is 14.4. The Morgan fingerprint density at radius 3 is 2.03 bits per heavy atom. The minimum atomic E-state index is -1.27. The monoisotopic (exact) mass is 413 g/mol. The van der Waals surface area contributed by atoms with Crippen molar-refractivity contribution in [3.8, 4) is 0 Å². The van der Waals surface area contributed by atoms with Crippen LogP contribution in [0.4, 0.5) is 4.79 Å². The standard InChI is InChI=1S/C23H27NO6/c1-3-29-22(27)20(15-14-18-10-6-4-7-11-18)24(17(2)21(25)26)23(28)30-16-19-12-8-5-9-13-19/h4-13,17,20H,3,14-16H2,1-2H3,(H,25,26)/t17-,20-/m0/s1. The van der Waals surface area contributed by atoms with Crippen molar-refractivity contribution < 1.29 is 29.0 Å². The number of hydrogen-bond acceptors (Lipinski definition) is 5. The minimum Gasteiger partial charge on any atom is -0.480 e. The second-order valence-corrected chi connectivity index (χ2v) is 6.75. The number of esters is 1. The average Bonchev–Trinajstić information content (AvgIpc) is 2.76. The molecule has 2 aromatic rings. The quantitative estimate of drug-likeness (QED) is 0.598. The Labute approximate surface area is 176 Å². The van der Waals surface area contributed by atoms with Crippen molar-refractivity contribution in [1.29, 1.82) is 0 Å². The number of ether oxygens (including phenoxy) is 2. The smallest absolute Gasteiger partial charge is 0.411 e. The minimum absolute atomic E-state index is 0.0310. The Hall–Kier alpha value is -3.35. The molecule has 0 unspecified atom stereocenters. The van der Waals surface area contributed by atoms with E-state index in [4.69, 9.17) is 9.47 Å². The summed E-state index contributed by atoms with van der Waals surface area (Å²) in [6.45, 7) is 3.09. The lowest BCUT2D eigenvalue weighted by Crippen LogP contribution is -2.53. The summed E-state index contributed by atoms with van der Waals surface area (Å²) in [5, 5.41) is 9.53. The fraction of sp³-hybridized carbons (Fsp3) is 0.348. The van der Waals surface area contributed by atoms with Crippen molar-refractivity contribution >= 4 is 18.0 Å². The first-order valence-corrected chi connectivity index (χ1v) is 9.86. The SMILES string of the molecule is CCOC(=O)[C@H](CCc1ccccc1)N(C(=O)OCc1ccccc1)[C@@H](C)C(=O)O. The molecule has 30 heavy (non-hydrogen) atoms. The van der Waals surface area contributed by atoms with Crippen LogP contribution >= 0.6 is 0 Å². The largest absolute Gasteiger partial charge is 0.480 e. The van der Waals surface area contributed by atoms with Crippen molar-refractivity contribution in [2.45, 2.75) is 45.4 Å². The highest BCUT2D eigenvalue weighted by molar-refractivity contribution is 5.86. The van der Waals surface area contributed by atoms with Crippen molar-refractivity contribution in [2.75, 3.05) is 6.61 Å². The number of benzene rings is 2. The predicted octanol–water partition coefficient (Wildman–Crippen LogP) is 3.66. The molecule has 0 heterocycles. The summed E-state index contributed by atoms with van der Waals surface area (Å²) in [7, 11) is 0. The Morgan fingerprint density at radius 1 is 0.933 bits per heavy atom. The third-order valence-corrected chi connectivity index (χ3v) is 4.63. The molecule has 0 aliphatic rings. The van der Waals surface area contributed by atoms with Gasteiger partial charge in [0.05, 0.1) is 6.61 Å². The van der Waals surface area contributed by atoms with E-state index in [9.17, 15) is 19.5 Å². The number of carboxylic acid groups (broad SMARTS) is 1. The van der Waals surface area contributed by atoms with Gasteiger partial charge in [0.25, 0.3) is 0 Å². The lowest BCUT2D eigenvalue weighted by molar-refractivity contribution is -0.153. The normalized spacial score (nSPS) is 12.5. The third kappa shape index (κ3) is 6.62. The molecule has 0 aliphatic carbocycles. The van der Waals surface area contributed by atoms with Gasteiger partial charge in [-0.15, -0.1) is 0 Å². The summed E-state index contributed by atoms with van der Waals surface area (Å²) in [5.74, 6) is -1.89. The predicted molar refractivity (Wildman–Crippen MR) is 111 cm³/mol. The fourth-order valence-electron chi connectivity index (χ4n) is 3.03. The van der Waals surface area contributed by atoms with Gasteiger partial charge in [-0.05, 0) is 37.8 Å². The molecule has 7 heteroatoms. The number of carbonyl (C=O) groups excluding carboxylic acids is 2. The van der Waals surface area contributed by atoms with Crippen LogP contribution in [0.15, 0.2) is 60.7 Å². The van der Waals surface area contributed by atoms with Crippen LogP contribution in [0.1, 0.15) is 31.4 Å². The maximum absolute atomic E-state index is 12.9. The number of carboxylic acids is 1. The van der Waals surface area contributed by atoms with Crippen LogP contribution in [0.3, 0.4) is 0 Å². The van der Waals surface area contributed by atoms with Gasteiger partial charge < -0.3 is 14.6 Å². The van der Waals surface area contributed by atoms with E-state index < -0.39 is 30.1 Å². The average molecular weight is 413 g/mol. The van der Waals surface area contributed by atoms with Gasteiger partial charge in [0.15, 0.2) is 0 Å². The van der Waals surface area contributed by atoms with Crippen molar-refractivity contribution in [2.24, 2.45) is 0 Å². The van der Waals surface area contributed by atoms with Gasteiger partial charge in [-0.1, -0.05) is 60.7 Å².